The Hall–Kier alpha value is -2.14. The molecule has 1 aromatic heterocycles. The number of amides is 1. The number of aromatic nitrogens is 1. The van der Waals surface area contributed by atoms with Crippen molar-refractivity contribution in [3.63, 3.8) is 0 Å². The summed E-state index contributed by atoms with van der Waals surface area (Å²) in [6, 6.07) is 7.33. The van der Waals surface area contributed by atoms with Crippen LogP contribution in [0.4, 0.5) is 0 Å². The van der Waals surface area contributed by atoms with Crippen LogP contribution in [0.1, 0.15) is 39.3 Å². The van der Waals surface area contributed by atoms with Crippen LogP contribution < -0.4 is 5.32 Å². The minimum absolute atomic E-state index is 0.207. The summed E-state index contributed by atoms with van der Waals surface area (Å²) in [4.78, 5) is 16.3. The number of aliphatic hydroxyl groups is 1. The van der Waals surface area contributed by atoms with Gasteiger partial charge in [0, 0.05) is 13.3 Å². The highest BCUT2D eigenvalue weighted by Gasteiger charge is 2.33. The molecule has 5 nitrogen and oxygen atoms in total. The van der Waals surface area contributed by atoms with Gasteiger partial charge in [-0.3, -0.25) is 4.79 Å². The fraction of sp³-hybridized carbons (Fsp3) is 0.333. The van der Waals surface area contributed by atoms with Gasteiger partial charge in [0.05, 0.1) is 17.8 Å². The first-order valence-corrected chi connectivity index (χ1v) is 6.57. The Morgan fingerprint density at radius 2 is 2.15 bits per heavy atom. The van der Waals surface area contributed by atoms with Gasteiger partial charge in [-0.2, -0.15) is 0 Å². The largest absolute Gasteiger partial charge is 0.436 e. The van der Waals surface area contributed by atoms with E-state index in [1.807, 2.05) is 24.3 Å². The molecular weight excluding hydrogens is 256 g/mol. The zero-order chi connectivity index (χ0) is 14.3. The maximum Gasteiger partial charge on any atom is 0.289 e. The molecule has 1 aliphatic carbocycles. The van der Waals surface area contributed by atoms with Crippen LogP contribution in [0.2, 0.25) is 0 Å². The van der Waals surface area contributed by atoms with Crippen LogP contribution in [0.15, 0.2) is 28.7 Å². The van der Waals surface area contributed by atoms with E-state index in [1.54, 1.807) is 13.8 Å². The average molecular weight is 272 g/mol. The molecule has 1 aliphatic rings. The first-order chi connectivity index (χ1) is 9.56. The summed E-state index contributed by atoms with van der Waals surface area (Å²) in [6.07, 6.45) is -0.0594. The van der Waals surface area contributed by atoms with Crippen LogP contribution in [0.5, 0.6) is 0 Å². The molecule has 1 heterocycles. The minimum Gasteiger partial charge on any atom is -0.436 e. The van der Waals surface area contributed by atoms with Crippen LogP contribution in [-0.2, 0) is 6.42 Å². The highest BCUT2D eigenvalue weighted by atomic mass is 16.4. The molecule has 5 heteroatoms. The number of hydrogen-bond donors (Lipinski definition) is 2. The van der Waals surface area contributed by atoms with E-state index < -0.39 is 12.1 Å². The van der Waals surface area contributed by atoms with Gasteiger partial charge in [-0.15, -0.1) is 0 Å². The van der Waals surface area contributed by atoms with Gasteiger partial charge in [0.25, 0.3) is 5.91 Å². The number of oxazole rings is 1. The summed E-state index contributed by atoms with van der Waals surface area (Å²) in [5.74, 6) is 0.322. The molecule has 2 N–H and O–H groups in total. The van der Waals surface area contributed by atoms with Crippen molar-refractivity contribution in [3.8, 4) is 0 Å². The minimum atomic E-state index is -0.610. The van der Waals surface area contributed by atoms with Gasteiger partial charge in [0.1, 0.15) is 0 Å². The van der Waals surface area contributed by atoms with Gasteiger partial charge < -0.3 is 14.8 Å². The molecule has 0 saturated carbocycles. The number of nitrogens with one attached hydrogen (secondary N) is 1. The SMILES string of the molecule is Cc1nc(C)c(C(=O)NC2c3ccccc3CC2O)o1. The molecule has 104 valence electrons. The van der Waals surface area contributed by atoms with Crippen LogP contribution in [-0.4, -0.2) is 22.1 Å². The first-order valence-electron chi connectivity index (χ1n) is 6.57. The van der Waals surface area contributed by atoms with Crippen LogP contribution in [0.25, 0.3) is 0 Å². The number of benzene rings is 1. The lowest BCUT2D eigenvalue weighted by atomic mass is 10.1. The Bertz CT molecular complexity index is 663. The number of nitrogens with zero attached hydrogens (tertiary/aromatic N) is 1. The second-order valence-electron chi connectivity index (χ2n) is 5.07. The fourth-order valence-electron chi connectivity index (χ4n) is 2.70. The number of rotatable bonds is 2. The van der Waals surface area contributed by atoms with Gasteiger partial charge in [-0.1, -0.05) is 24.3 Å². The van der Waals surface area contributed by atoms with Gasteiger partial charge in [0.15, 0.2) is 5.89 Å². The Balaban J connectivity index is 1.85. The highest BCUT2D eigenvalue weighted by molar-refractivity contribution is 5.92. The Morgan fingerprint density at radius 3 is 2.85 bits per heavy atom. The molecule has 1 amide bonds. The smallest absolute Gasteiger partial charge is 0.289 e. The third-order valence-electron chi connectivity index (χ3n) is 3.60. The predicted octanol–water partition coefficient (Wildman–Crippen LogP) is 1.68. The van der Waals surface area contributed by atoms with E-state index in [0.717, 1.165) is 11.1 Å². The molecule has 0 bridgehead atoms. The molecule has 2 aromatic rings. The molecule has 3 rings (SSSR count). The molecule has 0 spiro atoms. The summed E-state index contributed by atoms with van der Waals surface area (Å²) in [7, 11) is 0. The predicted molar refractivity (Wildman–Crippen MR) is 72.3 cm³/mol. The lowest BCUT2D eigenvalue weighted by Crippen LogP contribution is -2.34. The Labute approximate surface area is 116 Å². The quantitative estimate of drug-likeness (QED) is 0.872. The number of aliphatic hydroxyl groups excluding tert-OH is 1. The molecule has 0 radical (unpaired) electrons. The van der Waals surface area contributed by atoms with Crippen LogP contribution in [0.3, 0.4) is 0 Å². The van der Waals surface area contributed by atoms with Crippen molar-refractivity contribution in [2.75, 3.05) is 0 Å². The second-order valence-corrected chi connectivity index (χ2v) is 5.07. The third kappa shape index (κ3) is 2.10. The maximum atomic E-state index is 12.2. The fourth-order valence-corrected chi connectivity index (χ4v) is 2.70. The topological polar surface area (TPSA) is 75.4 Å². The van der Waals surface area contributed by atoms with Crippen LogP contribution >= 0.6 is 0 Å². The van der Waals surface area contributed by atoms with Crippen molar-refractivity contribution in [1.82, 2.24) is 10.3 Å². The summed E-state index contributed by atoms with van der Waals surface area (Å²) in [5, 5.41) is 13.0. The van der Waals surface area contributed by atoms with Gasteiger partial charge in [-0.05, 0) is 18.1 Å². The monoisotopic (exact) mass is 272 g/mol. The molecule has 1 aromatic carbocycles. The molecule has 0 aliphatic heterocycles. The number of carbonyl (C=O) groups is 1. The lowest BCUT2D eigenvalue weighted by Gasteiger charge is -2.17. The first kappa shape index (κ1) is 12.9. The van der Waals surface area contributed by atoms with Crippen molar-refractivity contribution in [3.05, 3.63) is 52.7 Å². The van der Waals surface area contributed by atoms with Crippen LogP contribution in [0, 0.1) is 13.8 Å². The zero-order valence-electron chi connectivity index (χ0n) is 11.4. The molecule has 0 fully saturated rings. The normalized spacial score (nSPS) is 20.8. The van der Waals surface area contributed by atoms with Crippen molar-refractivity contribution in [2.45, 2.75) is 32.4 Å². The highest BCUT2D eigenvalue weighted by Crippen LogP contribution is 2.31. The van der Waals surface area contributed by atoms with E-state index >= 15 is 0 Å². The number of fused-ring (bicyclic) bond motifs is 1. The summed E-state index contributed by atoms with van der Waals surface area (Å²) in [6.45, 7) is 3.42. The zero-order valence-corrected chi connectivity index (χ0v) is 11.4. The number of aryl methyl sites for hydroxylation is 2. The number of carbonyl (C=O) groups excluding carboxylic acids is 1. The van der Waals surface area contributed by atoms with E-state index in [0.29, 0.717) is 18.0 Å². The van der Waals surface area contributed by atoms with Crippen molar-refractivity contribution >= 4 is 5.91 Å². The van der Waals surface area contributed by atoms with Crippen molar-refractivity contribution in [1.29, 1.82) is 0 Å². The lowest BCUT2D eigenvalue weighted by molar-refractivity contribution is 0.0829. The number of hydrogen-bond acceptors (Lipinski definition) is 4. The van der Waals surface area contributed by atoms with Crippen molar-refractivity contribution < 1.29 is 14.3 Å². The van der Waals surface area contributed by atoms with E-state index in [4.69, 9.17) is 4.42 Å². The molecule has 2 atom stereocenters. The van der Waals surface area contributed by atoms with Gasteiger partial charge in [0.2, 0.25) is 5.76 Å². The van der Waals surface area contributed by atoms with E-state index in [-0.39, 0.29) is 11.7 Å². The van der Waals surface area contributed by atoms with Gasteiger partial charge >= 0.3 is 0 Å². The summed E-state index contributed by atoms with van der Waals surface area (Å²) < 4.78 is 5.30. The Morgan fingerprint density at radius 1 is 1.40 bits per heavy atom. The molecule has 0 saturated heterocycles. The summed E-state index contributed by atoms with van der Waals surface area (Å²) >= 11 is 0. The molecular formula is C15H16N2O3. The van der Waals surface area contributed by atoms with E-state index in [1.165, 1.54) is 0 Å². The van der Waals surface area contributed by atoms with E-state index in [9.17, 15) is 9.90 Å². The third-order valence-corrected chi connectivity index (χ3v) is 3.60. The average Bonchev–Trinajstić information content (AvgIpc) is 2.90. The van der Waals surface area contributed by atoms with Gasteiger partial charge in [-0.25, -0.2) is 4.98 Å². The molecule has 20 heavy (non-hydrogen) atoms. The van der Waals surface area contributed by atoms with Crippen molar-refractivity contribution in [2.24, 2.45) is 0 Å². The standard InChI is InChI=1S/C15H16N2O3/c1-8-14(20-9(2)16-8)15(19)17-13-11-6-4-3-5-10(11)7-12(13)18/h3-6,12-13,18H,7H2,1-2H3,(H,17,19). The van der Waals surface area contributed by atoms with E-state index in [2.05, 4.69) is 10.3 Å². The maximum absolute atomic E-state index is 12.2. The summed E-state index contributed by atoms with van der Waals surface area (Å²) in [5.41, 5.74) is 2.58. The Kier molecular flexibility index (Phi) is 3.06. The second kappa shape index (κ2) is 4.76. The molecule has 2 unspecified atom stereocenters.